The standard InChI is InChI=1S/C57H54O14/c1-15-18(4)23(9)33-30(20(15)6)34-27(13)45(59)55(69)54(68)44(34)48(62)41(33)37-26(12)25(11)36(49(63)50(37)64)40-32-22(8)17(3)16(2)21(7)31(32)39(42-43(40)53(67)57(71)56(70)52(42)66)35-24(10)19(5)28-14-29(58)46(60)51(65)38(28)47(35)61/h14,58-71H,1-13H3. The van der Waals surface area contributed by atoms with Gasteiger partial charge in [-0.15, -0.1) is 0 Å². The van der Waals surface area contributed by atoms with Crippen molar-refractivity contribution in [3.8, 4) is 114 Å². The Hall–Kier alpha value is -8.52. The average molecular weight is 963 g/mol. The molecule has 14 N–H and O–H groups in total. The zero-order valence-electron chi connectivity index (χ0n) is 41.3. The summed E-state index contributed by atoms with van der Waals surface area (Å²) in [7, 11) is 0. The van der Waals surface area contributed by atoms with Gasteiger partial charge in [0.25, 0.3) is 0 Å². The number of aryl methyl sites for hydroxylation is 6. The van der Waals surface area contributed by atoms with Gasteiger partial charge >= 0.3 is 0 Å². The molecule has 0 saturated carbocycles. The van der Waals surface area contributed by atoms with Gasteiger partial charge in [-0.1, -0.05) is 0 Å². The molecular formula is C57H54O14. The monoisotopic (exact) mass is 962 g/mol. The van der Waals surface area contributed by atoms with Crippen molar-refractivity contribution >= 4 is 53.9 Å². The van der Waals surface area contributed by atoms with E-state index in [9.17, 15) is 71.5 Å². The van der Waals surface area contributed by atoms with E-state index in [0.717, 1.165) is 22.3 Å². The van der Waals surface area contributed by atoms with Crippen LogP contribution in [-0.4, -0.2) is 71.5 Å². The fourth-order valence-electron chi connectivity index (χ4n) is 11.4. The van der Waals surface area contributed by atoms with Crippen molar-refractivity contribution in [3.05, 3.63) is 78.4 Å². The van der Waals surface area contributed by atoms with Crippen molar-refractivity contribution in [2.24, 2.45) is 0 Å². The maximum absolute atomic E-state index is 12.8. The summed E-state index contributed by atoms with van der Waals surface area (Å²) < 4.78 is 0. The van der Waals surface area contributed by atoms with Gasteiger partial charge in [0, 0.05) is 55.1 Å². The molecule has 0 spiro atoms. The van der Waals surface area contributed by atoms with E-state index in [-0.39, 0.29) is 82.4 Å². The number of phenolic OH excluding ortho intramolecular Hbond substituents is 14. The molecule has 0 atom stereocenters. The van der Waals surface area contributed by atoms with E-state index in [1.165, 1.54) is 13.0 Å². The summed E-state index contributed by atoms with van der Waals surface area (Å²) in [4.78, 5) is 0. The summed E-state index contributed by atoms with van der Waals surface area (Å²) in [5.41, 5.74) is 6.78. The molecule has 0 heterocycles. The third-order valence-electron chi connectivity index (χ3n) is 16.2. The van der Waals surface area contributed by atoms with Gasteiger partial charge in [-0.2, -0.15) is 0 Å². The zero-order valence-corrected chi connectivity index (χ0v) is 41.3. The molecule has 14 heteroatoms. The fraction of sp³-hybridized carbons (Fsp3) is 0.228. The minimum atomic E-state index is -1.14. The Morgan fingerprint density at radius 3 is 0.944 bits per heavy atom. The van der Waals surface area contributed by atoms with Crippen LogP contribution in [-0.2, 0) is 0 Å². The SMILES string of the molecule is Cc1c(C)c(-c2c(O)c3c(O)c(O)c(O)c(C)c3c3c(C)c(C)c(C)c(C)c23)c(O)c(O)c1-c1c2c(C)c(C)c(C)c(C)c2c(-c2c(C)c(C)c3cc(O)c(O)c(O)c3c2O)c2c(O)c(O)c(O)c(O)c12. The molecule has 9 rings (SSSR count). The molecule has 0 aliphatic heterocycles. The maximum Gasteiger partial charge on any atom is 0.204 e. The summed E-state index contributed by atoms with van der Waals surface area (Å²) >= 11 is 0. The summed E-state index contributed by atoms with van der Waals surface area (Å²) in [5, 5.41) is 165. The van der Waals surface area contributed by atoms with E-state index in [0.29, 0.717) is 54.9 Å². The minimum Gasteiger partial charge on any atom is -0.506 e. The molecule has 9 aromatic carbocycles. The Balaban J connectivity index is 1.57. The number of benzene rings is 9. The Bertz CT molecular complexity index is 3940. The van der Waals surface area contributed by atoms with E-state index in [1.54, 1.807) is 41.5 Å². The van der Waals surface area contributed by atoms with Crippen LogP contribution < -0.4 is 0 Å². The molecule has 0 fully saturated rings. The number of hydrogen-bond acceptors (Lipinski definition) is 14. The summed E-state index contributed by atoms with van der Waals surface area (Å²) in [5.74, 6) is -11.7. The molecular weight excluding hydrogens is 909 g/mol. The van der Waals surface area contributed by atoms with Crippen molar-refractivity contribution < 1.29 is 71.5 Å². The lowest BCUT2D eigenvalue weighted by Crippen LogP contribution is -2.04. The number of aromatic hydroxyl groups is 14. The first-order valence-electron chi connectivity index (χ1n) is 22.7. The lowest BCUT2D eigenvalue weighted by molar-refractivity contribution is 0.351. The predicted molar refractivity (Wildman–Crippen MR) is 275 cm³/mol. The van der Waals surface area contributed by atoms with E-state index in [1.807, 2.05) is 41.5 Å². The minimum absolute atomic E-state index is 0.000626. The van der Waals surface area contributed by atoms with Crippen LogP contribution in [0.3, 0.4) is 0 Å². The smallest absolute Gasteiger partial charge is 0.204 e. The largest absolute Gasteiger partial charge is 0.506 e. The molecule has 0 aromatic heterocycles. The second-order valence-corrected chi connectivity index (χ2v) is 19.2. The number of hydrogen-bond donors (Lipinski definition) is 14. The second-order valence-electron chi connectivity index (χ2n) is 19.2. The summed E-state index contributed by atoms with van der Waals surface area (Å²) in [6.07, 6.45) is 0. The van der Waals surface area contributed by atoms with Crippen molar-refractivity contribution in [3.63, 3.8) is 0 Å². The molecule has 366 valence electrons. The van der Waals surface area contributed by atoms with Gasteiger partial charge in [-0.25, -0.2) is 0 Å². The first-order valence-corrected chi connectivity index (χ1v) is 22.7. The predicted octanol–water partition coefficient (Wildman–Crippen LogP) is 12.3. The molecule has 0 aliphatic rings. The molecule has 0 saturated heterocycles. The van der Waals surface area contributed by atoms with Gasteiger partial charge in [0.1, 0.15) is 11.5 Å². The van der Waals surface area contributed by atoms with Crippen LogP contribution >= 0.6 is 0 Å². The highest BCUT2D eigenvalue weighted by molar-refractivity contribution is 6.30. The molecule has 71 heavy (non-hydrogen) atoms. The maximum atomic E-state index is 12.8. The van der Waals surface area contributed by atoms with Gasteiger partial charge < -0.3 is 71.5 Å². The number of fused-ring (bicyclic) bond motifs is 6. The Labute approximate surface area is 406 Å². The molecule has 14 nitrogen and oxygen atoms in total. The van der Waals surface area contributed by atoms with E-state index >= 15 is 0 Å². The van der Waals surface area contributed by atoms with E-state index < -0.39 is 80.5 Å². The zero-order chi connectivity index (χ0) is 52.5. The van der Waals surface area contributed by atoms with Crippen LogP contribution in [0.4, 0.5) is 0 Å². The quantitative estimate of drug-likeness (QED) is 0.0339. The van der Waals surface area contributed by atoms with Crippen molar-refractivity contribution in [2.45, 2.75) is 90.0 Å². The van der Waals surface area contributed by atoms with Crippen LogP contribution in [0.1, 0.15) is 72.3 Å². The second kappa shape index (κ2) is 15.2. The average Bonchev–Trinajstić information content (AvgIpc) is 3.33. The molecule has 0 bridgehead atoms. The lowest BCUT2D eigenvalue weighted by Gasteiger charge is -2.28. The molecule has 0 aliphatic carbocycles. The van der Waals surface area contributed by atoms with Crippen LogP contribution in [0, 0.1) is 90.0 Å². The number of rotatable bonds is 3. The first-order chi connectivity index (χ1) is 33.1. The van der Waals surface area contributed by atoms with Crippen LogP contribution in [0.2, 0.25) is 0 Å². The van der Waals surface area contributed by atoms with Gasteiger partial charge in [-0.3, -0.25) is 0 Å². The molecule has 0 unspecified atom stereocenters. The summed E-state index contributed by atoms with van der Waals surface area (Å²) in [6.45, 7) is 22.8. The van der Waals surface area contributed by atoms with Crippen molar-refractivity contribution in [1.82, 2.24) is 0 Å². The number of phenols is 14. The van der Waals surface area contributed by atoms with Gasteiger partial charge in [0.15, 0.2) is 46.0 Å². The van der Waals surface area contributed by atoms with Crippen LogP contribution in [0.5, 0.6) is 80.5 Å². The normalized spacial score (nSPS) is 12.0. The summed E-state index contributed by atoms with van der Waals surface area (Å²) in [6, 6.07) is 1.18. The molecule has 9 aromatic rings. The van der Waals surface area contributed by atoms with Crippen molar-refractivity contribution in [2.75, 3.05) is 0 Å². The van der Waals surface area contributed by atoms with Gasteiger partial charge in [-0.05, 0) is 190 Å². The Morgan fingerprint density at radius 1 is 0.183 bits per heavy atom. The highest BCUT2D eigenvalue weighted by Crippen LogP contribution is 2.64. The highest BCUT2D eigenvalue weighted by atomic mass is 16.4. The van der Waals surface area contributed by atoms with E-state index in [4.69, 9.17) is 0 Å². The van der Waals surface area contributed by atoms with Gasteiger partial charge in [0.05, 0.1) is 10.8 Å². The van der Waals surface area contributed by atoms with E-state index in [2.05, 4.69) is 0 Å². The Morgan fingerprint density at radius 2 is 0.493 bits per heavy atom. The first kappa shape index (κ1) is 47.5. The topological polar surface area (TPSA) is 283 Å². The molecule has 0 radical (unpaired) electrons. The molecule has 0 amide bonds. The third-order valence-corrected chi connectivity index (χ3v) is 16.2. The highest BCUT2D eigenvalue weighted by Gasteiger charge is 2.37. The fourth-order valence-corrected chi connectivity index (χ4v) is 11.4. The van der Waals surface area contributed by atoms with Crippen molar-refractivity contribution in [1.29, 1.82) is 0 Å². The Kier molecular flexibility index (Phi) is 10.2. The third kappa shape index (κ3) is 5.69. The van der Waals surface area contributed by atoms with Crippen LogP contribution in [0.25, 0.3) is 87.2 Å². The van der Waals surface area contributed by atoms with Crippen LogP contribution in [0.15, 0.2) is 6.07 Å². The lowest BCUT2D eigenvalue weighted by atomic mass is 9.76. The van der Waals surface area contributed by atoms with Gasteiger partial charge in [0.2, 0.25) is 23.0 Å².